The Labute approximate surface area is 238 Å². The molecular weight excluding hydrogens is 547 g/mol. The summed E-state index contributed by atoms with van der Waals surface area (Å²) in [6.45, 7) is 1.75. The average molecular weight is 572 g/mol. The van der Waals surface area contributed by atoms with Crippen molar-refractivity contribution in [2.24, 2.45) is 7.05 Å². The number of imidazole rings is 1. The zero-order chi connectivity index (χ0) is 30.0. The minimum absolute atomic E-state index is 0.0353. The normalized spacial score (nSPS) is 12.2. The zero-order valence-corrected chi connectivity index (χ0v) is 22.6. The van der Waals surface area contributed by atoms with Gasteiger partial charge in [0.25, 0.3) is 5.56 Å². The quantitative estimate of drug-likeness (QED) is 0.279. The van der Waals surface area contributed by atoms with Gasteiger partial charge < -0.3 is 9.47 Å². The molecule has 0 aliphatic heterocycles. The average Bonchev–Trinajstić information content (AvgIpc) is 3.39. The molecule has 0 aliphatic carbocycles. The lowest BCUT2D eigenvalue weighted by Gasteiger charge is -2.30. The summed E-state index contributed by atoms with van der Waals surface area (Å²) in [5, 5.41) is 9.51. The summed E-state index contributed by atoms with van der Waals surface area (Å²) in [5.74, 6) is 0.353. The van der Waals surface area contributed by atoms with Crippen LogP contribution in [-0.2, 0) is 31.0 Å². The van der Waals surface area contributed by atoms with Crippen molar-refractivity contribution in [3.05, 3.63) is 118 Å². The van der Waals surface area contributed by atoms with Crippen molar-refractivity contribution >= 4 is 16.9 Å². The van der Waals surface area contributed by atoms with E-state index in [0.29, 0.717) is 22.6 Å². The fraction of sp³-hybridized carbons (Fsp3) is 0.200. The molecule has 0 fully saturated rings. The number of hydrogen-bond donors (Lipinski definition) is 0. The first-order chi connectivity index (χ1) is 20.1. The van der Waals surface area contributed by atoms with Gasteiger partial charge in [0, 0.05) is 25.6 Å². The number of aryl methyl sites for hydroxylation is 1. The Bertz CT molecular complexity index is 1850. The SMILES string of the molecule is CC(c1nc2ncccc2c(=O)n1-c1ccc(C#N)cc1)N(Cc1nccn1C)C(=O)Cc1ccc(C(F)(F)F)cc1. The van der Waals surface area contributed by atoms with E-state index in [-0.39, 0.29) is 29.8 Å². The lowest BCUT2D eigenvalue weighted by molar-refractivity contribution is -0.137. The largest absolute Gasteiger partial charge is 0.416 e. The van der Waals surface area contributed by atoms with Gasteiger partial charge >= 0.3 is 6.18 Å². The summed E-state index contributed by atoms with van der Waals surface area (Å²) in [5.41, 5.74) is 0.207. The molecule has 3 heterocycles. The second kappa shape index (κ2) is 11.3. The van der Waals surface area contributed by atoms with Crippen molar-refractivity contribution in [2.75, 3.05) is 0 Å². The van der Waals surface area contributed by atoms with E-state index in [1.165, 1.54) is 27.8 Å². The molecule has 42 heavy (non-hydrogen) atoms. The molecule has 212 valence electrons. The number of carbonyl (C=O) groups is 1. The van der Waals surface area contributed by atoms with Crippen LogP contribution in [0.3, 0.4) is 0 Å². The molecule has 0 radical (unpaired) electrons. The maximum Gasteiger partial charge on any atom is 0.416 e. The molecule has 3 aromatic heterocycles. The zero-order valence-electron chi connectivity index (χ0n) is 22.6. The lowest BCUT2D eigenvalue weighted by atomic mass is 10.1. The van der Waals surface area contributed by atoms with Crippen molar-refractivity contribution in [2.45, 2.75) is 32.1 Å². The van der Waals surface area contributed by atoms with Gasteiger partial charge in [0.05, 0.1) is 47.3 Å². The molecule has 1 atom stereocenters. The van der Waals surface area contributed by atoms with Gasteiger partial charge in [-0.15, -0.1) is 0 Å². The van der Waals surface area contributed by atoms with Crippen LogP contribution in [0.1, 0.15) is 41.3 Å². The molecule has 5 rings (SSSR count). The van der Waals surface area contributed by atoms with Gasteiger partial charge in [0.2, 0.25) is 5.91 Å². The first-order valence-corrected chi connectivity index (χ1v) is 12.9. The third-order valence-electron chi connectivity index (χ3n) is 6.96. The first-order valence-electron chi connectivity index (χ1n) is 12.9. The molecule has 0 saturated carbocycles. The van der Waals surface area contributed by atoms with Crippen LogP contribution in [0.2, 0.25) is 0 Å². The van der Waals surface area contributed by atoms with Crippen molar-refractivity contribution in [3.63, 3.8) is 0 Å². The third kappa shape index (κ3) is 5.62. The summed E-state index contributed by atoms with van der Waals surface area (Å²) in [7, 11) is 1.77. The number of nitrogens with zero attached hydrogens (tertiary/aromatic N) is 7. The number of hydrogen-bond acceptors (Lipinski definition) is 6. The van der Waals surface area contributed by atoms with E-state index in [2.05, 4.69) is 9.97 Å². The summed E-state index contributed by atoms with van der Waals surface area (Å²) < 4.78 is 42.4. The Morgan fingerprint density at radius 2 is 1.76 bits per heavy atom. The van der Waals surface area contributed by atoms with E-state index in [1.54, 1.807) is 67.3 Å². The number of benzene rings is 2. The molecular formula is C30H24F3N7O2. The predicted octanol–water partition coefficient (Wildman–Crippen LogP) is 4.74. The van der Waals surface area contributed by atoms with Gasteiger partial charge in [0.1, 0.15) is 11.6 Å². The number of alkyl halides is 3. The van der Waals surface area contributed by atoms with Gasteiger partial charge in [0.15, 0.2) is 5.65 Å². The van der Waals surface area contributed by atoms with Gasteiger partial charge in [-0.1, -0.05) is 12.1 Å². The molecule has 0 bridgehead atoms. The highest BCUT2D eigenvalue weighted by atomic mass is 19.4. The highest BCUT2D eigenvalue weighted by Gasteiger charge is 2.31. The highest BCUT2D eigenvalue weighted by molar-refractivity contribution is 5.79. The molecule has 0 N–H and O–H groups in total. The smallest absolute Gasteiger partial charge is 0.337 e. The summed E-state index contributed by atoms with van der Waals surface area (Å²) in [6.07, 6.45) is 0.134. The Morgan fingerprint density at radius 1 is 1.05 bits per heavy atom. The molecule has 2 aromatic carbocycles. The van der Waals surface area contributed by atoms with Gasteiger partial charge in [-0.2, -0.15) is 18.4 Å². The Kier molecular flexibility index (Phi) is 7.58. The fourth-order valence-corrected chi connectivity index (χ4v) is 4.62. The number of amides is 1. The molecule has 0 saturated heterocycles. The number of carbonyl (C=O) groups excluding carboxylic acids is 1. The summed E-state index contributed by atoms with van der Waals surface area (Å²) in [4.78, 5) is 42.4. The van der Waals surface area contributed by atoms with Gasteiger partial charge in [-0.25, -0.2) is 15.0 Å². The maximum atomic E-state index is 13.8. The molecule has 0 spiro atoms. The minimum Gasteiger partial charge on any atom is -0.337 e. The predicted molar refractivity (Wildman–Crippen MR) is 147 cm³/mol. The van der Waals surface area contributed by atoms with E-state index in [4.69, 9.17) is 4.98 Å². The van der Waals surface area contributed by atoms with Crippen LogP contribution in [-0.4, -0.2) is 34.9 Å². The molecule has 1 amide bonds. The summed E-state index contributed by atoms with van der Waals surface area (Å²) in [6, 6.07) is 15.3. The summed E-state index contributed by atoms with van der Waals surface area (Å²) >= 11 is 0. The van der Waals surface area contributed by atoms with Gasteiger partial charge in [-0.05, 0) is 61.0 Å². The van der Waals surface area contributed by atoms with Crippen molar-refractivity contribution < 1.29 is 18.0 Å². The molecule has 12 heteroatoms. The van der Waals surface area contributed by atoms with Crippen LogP contribution in [0.15, 0.2) is 84.0 Å². The fourth-order valence-electron chi connectivity index (χ4n) is 4.62. The van der Waals surface area contributed by atoms with Crippen LogP contribution < -0.4 is 5.56 Å². The number of fused-ring (bicyclic) bond motifs is 1. The van der Waals surface area contributed by atoms with Gasteiger partial charge in [-0.3, -0.25) is 14.2 Å². The highest BCUT2D eigenvalue weighted by Crippen LogP contribution is 2.30. The number of halogens is 3. The number of rotatable bonds is 7. The first kappa shape index (κ1) is 28.2. The Hall–Kier alpha value is -5.31. The van der Waals surface area contributed by atoms with Crippen LogP contribution in [0.25, 0.3) is 16.7 Å². The van der Waals surface area contributed by atoms with Crippen LogP contribution in [0, 0.1) is 11.3 Å². The molecule has 9 nitrogen and oxygen atoms in total. The van der Waals surface area contributed by atoms with Crippen molar-refractivity contribution in [1.29, 1.82) is 5.26 Å². The van der Waals surface area contributed by atoms with Crippen LogP contribution in [0.4, 0.5) is 13.2 Å². The van der Waals surface area contributed by atoms with Crippen LogP contribution in [0.5, 0.6) is 0 Å². The molecule has 5 aromatic rings. The van der Waals surface area contributed by atoms with Crippen molar-refractivity contribution in [1.82, 2.24) is 29.0 Å². The van der Waals surface area contributed by atoms with E-state index in [1.807, 2.05) is 6.07 Å². The standard InChI is InChI=1S/C30H24F3N7O2/c1-19(28-37-27-24(4-3-13-36-27)29(42)40(28)23-11-7-21(17-34)8-12-23)39(18-25-35-14-15-38(25)2)26(41)16-20-5-9-22(10-6-20)30(31,32)33/h3-15,19H,16,18H2,1-2H3. The Balaban J connectivity index is 1.61. The number of aromatic nitrogens is 5. The van der Waals surface area contributed by atoms with E-state index in [9.17, 15) is 28.0 Å². The number of pyridine rings is 1. The van der Waals surface area contributed by atoms with Crippen LogP contribution >= 0.6 is 0 Å². The Morgan fingerprint density at radius 3 is 2.38 bits per heavy atom. The third-order valence-corrected chi connectivity index (χ3v) is 6.96. The minimum atomic E-state index is -4.49. The topological polar surface area (TPSA) is 110 Å². The lowest BCUT2D eigenvalue weighted by Crippen LogP contribution is -2.38. The molecule has 0 aliphatic rings. The van der Waals surface area contributed by atoms with E-state index < -0.39 is 29.2 Å². The van der Waals surface area contributed by atoms with Crippen molar-refractivity contribution in [3.8, 4) is 11.8 Å². The number of nitriles is 1. The second-order valence-electron chi connectivity index (χ2n) is 9.67. The second-order valence-corrected chi connectivity index (χ2v) is 9.67. The monoisotopic (exact) mass is 571 g/mol. The van der Waals surface area contributed by atoms with E-state index in [0.717, 1.165) is 12.1 Å². The van der Waals surface area contributed by atoms with E-state index >= 15 is 0 Å². The molecule has 1 unspecified atom stereocenters. The maximum absolute atomic E-state index is 13.8.